The molecule has 1 aliphatic rings. The smallest absolute Gasteiger partial charge is 0.228 e. The van der Waals surface area contributed by atoms with Crippen LogP contribution in [0.2, 0.25) is 0 Å². The fourth-order valence-corrected chi connectivity index (χ4v) is 3.76. The number of benzene rings is 1. The van der Waals surface area contributed by atoms with Crippen molar-refractivity contribution >= 4 is 11.6 Å². The molecule has 1 N–H and O–H groups in total. The second-order valence-electron chi connectivity index (χ2n) is 7.31. The molecule has 0 unspecified atom stereocenters. The zero-order valence-corrected chi connectivity index (χ0v) is 16.1. The molecule has 0 spiro atoms. The molecule has 144 valence electrons. The van der Waals surface area contributed by atoms with Crippen molar-refractivity contribution in [1.29, 1.82) is 0 Å². The number of nitrogens with zero attached hydrogens (tertiary/aromatic N) is 4. The van der Waals surface area contributed by atoms with E-state index in [0.29, 0.717) is 0 Å². The molecule has 0 aliphatic carbocycles. The van der Waals surface area contributed by atoms with Crippen molar-refractivity contribution in [1.82, 2.24) is 19.4 Å². The van der Waals surface area contributed by atoms with Crippen LogP contribution >= 0.6 is 0 Å². The van der Waals surface area contributed by atoms with Crippen LogP contribution in [0.25, 0.3) is 5.69 Å². The topological polar surface area (TPSA) is 63.1 Å². The maximum Gasteiger partial charge on any atom is 0.228 e. The number of piperidine rings is 1. The van der Waals surface area contributed by atoms with Gasteiger partial charge in [-0.1, -0.05) is 0 Å². The van der Waals surface area contributed by atoms with E-state index < -0.39 is 0 Å². The number of imidazole rings is 1. The lowest BCUT2D eigenvalue weighted by molar-refractivity contribution is -0.121. The SMILES string of the molecule is Cc1nccn1-c1ccc(NC(=O)[C@H]2CCCN(Cc3ccncc3)C2)cc1. The summed E-state index contributed by atoms with van der Waals surface area (Å²) in [6.45, 7) is 4.66. The lowest BCUT2D eigenvalue weighted by Gasteiger charge is -2.32. The molecule has 3 heterocycles. The van der Waals surface area contributed by atoms with E-state index in [4.69, 9.17) is 0 Å². The van der Waals surface area contributed by atoms with Crippen LogP contribution in [-0.2, 0) is 11.3 Å². The number of hydrogen-bond donors (Lipinski definition) is 1. The van der Waals surface area contributed by atoms with Gasteiger partial charge in [0.25, 0.3) is 0 Å². The first-order valence-electron chi connectivity index (χ1n) is 9.71. The Morgan fingerprint density at radius 2 is 1.93 bits per heavy atom. The van der Waals surface area contributed by atoms with Crippen LogP contribution in [0.1, 0.15) is 24.2 Å². The fourth-order valence-electron chi connectivity index (χ4n) is 3.76. The largest absolute Gasteiger partial charge is 0.326 e. The Labute approximate surface area is 165 Å². The quantitative estimate of drug-likeness (QED) is 0.742. The second kappa shape index (κ2) is 8.35. The normalized spacial score (nSPS) is 17.4. The van der Waals surface area contributed by atoms with Crippen molar-refractivity contribution in [2.45, 2.75) is 26.3 Å². The van der Waals surface area contributed by atoms with Crippen LogP contribution in [0.3, 0.4) is 0 Å². The molecule has 0 radical (unpaired) electrons. The Bertz CT molecular complexity index is 920. The first-order chi connectivity index (χ1) is 13.7. The standard InChI is InChI=1S/C22H25N5O/c1-17-24-12-14-27(17)21-6-4-20(5-7-21)25-22(28)19-3-2-13-26(16-19)15-18-8-10-23-11-9-18/h4-12,14,19H,2-3,13,15-16H2,1H3,(H,25,28)/t19-/m0/s1. The van der Waals surface area contributed by atoms with Crippen LogP contribution in [0.15, 0.2) is 61.2 Å². The lowest BCUT2D eigenvalue weighted by Crippen LogP contribution is -2.40. The number of aryl methyl sites for hydroxylation is 1. The second-order valence-corrected chi connectivity index (χ2v) is 7.31. The van der Waals surface area contributed by atoms with E-state index in [0.717, 1.165) is 49.7 Å². The molecule has 1 atom stereocenters. The highest BCUT2D eigenvalue weighted by atomic mass is 16.1. The zero-order valence-electron chi connectivity index (χ0n) is 16.1. The summed E-state index contributed by atoms with van der Waals surface area (Å²) >= 11 is 0. The Balaban J connectivity index is 1.36. The highest BCUT2D eigenvalue weighted by Gasteiger charge is 2.25. The highest BCUT2D eigenvalue weighted by Crippen LogP contribution is 2.21. The van der Waals surface area contributed by atoms with Crippen molar-refractivity contribution in [3.05, 3.63) is 72.6 Å². The van der Waals surface area contributed by atoms with E-state index >= 15 is 0 Å². The molecule has 2 aromatic heterocycles. The minimum absolute atomic E-state index is 0.0196. The fraction of sp³-hybridized carbons (Fsp3) is 0.318. The van der Waals surface area contributed by atoms with Crippen LogP contribution < -0.4 is 5.32 Å². The first kappa shape index (κ1) is 18.4. The van der Waals surface area contributed by atoms with Crippen LogP contribution in [0.5, 0.6) is 0 Å². The number of rotatable bonds is 5. The maximum atomic E-state index is 12.8. The van der Waals surface area contributed by atoms with Gasteiger partial charge in [0.1, 0.15) is 5.82 Å². The Morgan fingerprint density at radius 3 is 2.64 bits per heavy atom. The Kier molecular flexibility index (Phi) is 5.48. The highest BCUT2D eigenvalue weighted by molar-refractivity contribution is 5.92. The molecule has 1 aliphatic heterocycles. The third kappa shape index (κ3) is 4.28. The molecule has 3 aromatic rings. The van der Waals surface area contributed by atoms with Gasteiger partial charge in [0.15, 0.2) is 0 Å². The monoisotopic (exact) mass is 375 g/mol. The number of aromatic nitrogens is 3. The number of nitrogens with one attached hydrogen (secondary N) is 1. The molecular formula is C22H25N5O. The third-order valence-electron chi connectivity index (χ3n) is 5.27. The number of hydrogen-bond acceptors (Lipinski definition) is 4. The number of amides is 1. The van der Waals surface area contributed by atoms with Crippen LogP contribution in [0.4, 0.5) is 5.69 Å². The molecule has 1 saturated heterocycles. The van der Waals surface area contributed by atoms with Crippen LogP contribution in [-0.4, -0.2) is 38.4 Å². The Morgan fingerprint density at radius 1 is 1.14 bits per heavy atom. The average Bonchev–Trinajstić information content (AvgIpc) is 3.15. The van der Waals surface area contributed by atoms with Gasteiger partial charge < -0.3 is 9.88 Å². The molecule has 1 fully saturated rings. The van der Waals surface area contributed by atoms with Gasteiger partial charge in [-0.15, -0.1) is 0 Å². The van der Waals surface area contributed by atoms with Crippen molar-refractivity contribution in [2.24, 2.45) is 5.92 Å². The molecule has 0 saturated carbocycles. The molecule has 1 amide bonds. The van der Waals surface area contributed by atoms with Gasteiger partial charge in [0.05, 0.1) is 5.92 Å². The number of pyridine rings is 1. The number of anilines is 1. The van der Waals surface area contributed by atoms with Gasteiger partial charge >= 0.3 is 0 Å². The molecule has 28 heavy (non-hydrogen) atoms. The summed E-state index contributed by atoms with van der Waals surface area (Å²) in [6.07, 6.45) is 9.33. The van der Waals surface area contributed by atoms with Crippen LogP contribution in [0, 0.1) is 12.8 Å². The van der Waals surface area contributed by atoms with Gasteiger partial charge in [-0.05, 0) is 68.3 Å². The summed E-state index contributed by atoms with van der Waals surface area (Å²) in [5.41, 5.74) is 3.11. The number of likely N-dealkylation sites (tertiary alicyclic amines) is 1. The molecule has 6 nitrogen and oxygen atoms in total. The summed E-state index contributed by atoms with van der Waals surface area (Å²) < 4.78 is 2.02. The van der Waals surface area contributed by atoms with E-state index in [1.807, 2.05) is 66.5 Å². The van der Waals surface area contributed by atoms with Gasteiger partial charge in [-0.25, -0.2) is 4.98 Å². The summed E-state index contributed by atoms with van der Waals surface area (Å²) in [5, 5.41) is 3.08. The number of carbonyl (C=O) groups excluding carboxylic acids is 1. The minimum atomic E-state index is 0.0196. The van der Waals surface area contributed by atoms with E-state index in [2.05, 4.69) is 20.2 Å². The van der Waals surface area contributed by atoms with Crippen molar-refractivity contribution in [2.75, 3.05) is 18.4 Å². The van der Waals surface area contributed by atoms with Crippen molar-refractivity contribution in [3.63, 3.8) is 0 Å². The molecule has 6 heteroatoms. The first-order valence-corrected chi connectivity index (χ1v) is 9.71. The lowest BCUT2D eigenvalue weighted by atomic mass is 9.96. The third-order valence-corrected chi connectivity index (χ3v) is 5.27. The molecule has 1 aromatic carbocycles. The van der Waals surface area contributed by atoms with E-state index in [1.165, 1.54) is 5.56 Å². The van der Waals surface area contributed by atoms with Crippen molar-refractivity contribution < 1.29 is 4.79 Å². The molecule has 0 bridgehead atoms. The van der Waals surface area contributed by atoms with Crippen molar-refractivity contribution in [3.8, 4) is 5.69 Å². The zero-order chi connectivity index (χ0) is 19.3. The predicted molar refractivity (Wildman–Crippen MR) is 109 cm³/mol. The number of carbonyl (C=O) groups is 1. The predicted octanol–water partition coefficient (Wildman–Crippen LogP) is 3.43. The summed E-state index contributed by atoms with van der Waals surface area (Å²) in [5.74, 6) is 1.06. The van der Waals surface area contributed by atoms with Gasteiger partial charge in [-0.2, -0.15) is 0 Å². The summed E-state index contributed by atoms with van der Waals surface area (Å²) in [4.78, 5) is 23.4. The molecular weight excluding hydrogens is 350 g/mol. The average molecular weight is 375 g/mol. The minimum Gasteiger partial charge on any atom is -0.326 e. The Hall–Kier alpha value is -2.99. The molecule has 4 rings (SSSR count). The summed E-state index contributed by atoms with van der Waals surface area (Å²) in [7, 11) is 0. The van der Waals surface area contributed by atoms with E-state index in [-0.39, 0.29) is 11.8 Å². The maximum absolute atomic E-state index is 12.8. The van der Waals surface area contributed by atoms with Gasteiger partial charge in [-0.3, -0.25) is 14.7 Å². The van der Waals surface area contributed by atoms with Gasteiger partial charge in [0.2, 0.25) is 5.91 Å². The summed E-state index contributed by atoms with van der Waals surface area (Å²) in [6, 6.07) is 12.0. The van der Waals surface area contributed by atoms with E-state index in [1.54, 1.807) is 6.20 Å². The van der Waals surface area contributed by atoms with E-state index in [9.17, 15) is 4.79 Å². The van der Waals surface area contributed by atoms with Gasteiger partial charge in [0, 0.05) is 49.3 Å².